The maximum Gasteiger partial charge on any atom is 0.319 e. The van der Waals surface area contributed by atoms with E-state index >= 15 is 0 Å². The maximum absolute atomic E-state index is 12.4. The zero-order valence-corrected chi connectivity index (χ0v) is 12.7. The molecule has 21 heavy (non-hydrogen) atoms. The minimum absolute atomic E-state index is 0.131. The van der Waals surface area contributed by atoms with Crippen molar-refractivity contribution < 1.29 is 9.53 Å². The first kappa shape index (κ1) is 13.1. The summed E-state index contributed by atoms with van der Waals surface area (Å²) in [5.74, 6) is 0.744. The van der Waals surface area contributed by atoms with Crippen LogP contribution in [-0.2, 0) is 14.9 Å². The summed E-state index contributed by atoms with van der Waals surface area (Å²) in [5, 5.41) is 0.705. The summed E-state index contributed by atoms with van der Waals surface area (Å²) in [4.78, 5) is 17.1. The number of benzene rings is 1. The topological polar surface area (TPSA) is 44.1 Å². The summed E-state index contributed by atoms with van der Waals surface area (Å²) >= 11 is 6.13. The number of hydrogen-bond acceptors (Lipinski definition) is 3. The van der Waals surface area contributed by atoms with E-state index < -0.39 is 5.41 Å². The average molecular weight is 305 g/mol. The van der Waals surface area contributed by atoms with Gasteiger partial charge in [0, 0.05) is 11.1 Å². The normalized spacial score (nSPS) is 19.7. The summed E-state index contributed by atoms with van der Waals surface area (Å²) < 4.78 is 7.51. The second kappa shape index (κ2) is 4.47. The summed E-state index contributed by atoms with van der Waals surface area (Å²) in [6, 6.07) is 6.19. The molecule has 2 aliphatic rings. The Hall–Kier alpha value is -1.55. The number of imidazole rings is 1. The van der Waals surface area contributed by atoms with Gasteiger partial charge in [-0.1, -0.05) is 11.6 Å². The van der Waals surface area contributed by atoms with E-state index in [4.69, 9.17) is 21.3 Å². The Balaban J connectivity index is 1.89. The van der Waals surface area contributed by atoms with Gasteiger partial charge in [-0.2, -0.15) is 0 Å². The number of aromatic nitrogens is 2. The van der Waals surface area contributed by atoms with Crippen LogP contribution in [0.4, 0.5) is 0 Å². The van der Waals surface area contributed by atoms with Crippen LogP contribution in [0.25, 0.3) is 11.0 Å². The van der Waals surface area contributed by atoms with Crippen molar-refractivity contribution in [2.45, 2.75) is 44.1 Å². The third kappa shape index (κ3) is 1.96. The van der Waals surface area contributed by atoms with Gasteiger partial charge in [0.05, 0.1) is 17.6 Å². The largest absolute Gasteiger partial charge is 0.465 e. The zero-order valence-electron chi connectivity index (χ0n) is 11.9. The Bertz CT molecular complexity index is 729. The molecule has 0 saturated heterocycles. The lowest BCUT2D eigenvalue weighted by Gasteiger charge is -2.16. The van der Waals surface area contributed by atoms with Crippen molar-refractivity contribution in [2.24, 2.45) is 0 Å². The molecule has 2 fully saturated rings. The highest BCUT2D eigenvalue weighted by Crippen LogP contribution is 2.52. The predicted molar refractivity (Wildman–Crippen MR) is 80.6 cm³/mol. The number of carbonyl (C=O) groups is 1. The third-order valence-corrected chi connectivity index (χ3v) is 4.64. The first-order valence-corrected chi connectivity index (χ1v) is 7.89. The van der Waals surface area contributed by atoms with Crippen molar-refractivity contribution in [3.05, 3.63) is 29.0 Å². The zero-order chi connectivity index (χ0) is 14.6. The van der Waals surface area contributed by atoms with Gasteiger partial charge in [0.1, 0.15) is 11.2 Å². The van der Waals surface area contributed by atoms with Crippen LogP contribution in [0.15, 0.2) is 18.2 Å². The number of halogens is 1. The highest BCUT2D eigenvalue weighted by molar-refractivity contribution is 6.31. The lowest BCUT2D eigenvalue weighted by atomic mass is 10.1. The van der Waals surface area contributed by atoms with E-state index in [0.717, 1.165) is 42.5 Å². The number of fused-ring (bicyclic) bond motifs is 1. The quantitative estimate of drug-likeness (QED) is 0.810. The predicted octanol–water partition coefficient (Wildman–Crippen LogP) is 3.62. The molecule has 0 radical (unpaired) electrons. The van der Waals surface area contributed by atoms with Gasteiger partial charge in [0.25, 0.3) is 0 Å². The van der Waals surface area contributed by atoms with E-state index in [-0.39, 0.29) is 5.97 Å². The fourth-order valence-electron chi connectivity index (χ4n) is 3.02. The Morgan fingerprint density at radius 1 is 1.48 bits per heavy atom. The maximum atomic E-state index is 12.4. The molecular formula is C16H17ClN2O2. The first-order chi connectivity index (χ1) is 10.2. The van der Waals surface area contributed by atoms with Gasteiger partial charge in [-0.25, -0.2) is 4.98 Å². The minimum Gasteiger partial charge on any atom is -0.465 e. The van der Waals surface area contributed by atoms with Crippen LogP contribution in [-0.4, -0.2) is 22.1 Å². The molecule has 0 atom stereocenters. The second-order valence-electron chi connectivity index (χ2n) is 5.97. The molecule has 0 unspecified atom stereocenters. The highest BCUT2D eigenvalue weighted by Gasteiger charge is 2.57. The number of nitrogens with zero attached hydrogens (tertiary/aromatic N) is 2. The molecule has 0 spiro atoms. The van der Waals surface area contributed by atoms with Gasteiger partial charge in [-0.3, -0.25) is 4.79 Å². The van der Waals surface area contributed by atoms with Crippen LogP contribution in [0.5, 0.6) is 0 Å². The molecule has 110 valence electrons. The van der Waals surface area contributed by atoms with Crippen molar-refractivity contribution in [1.29, 1.82) is 0 Å². The van der Waals surface area contributed by atoms with Gasteiger partial charge in [-0.15, -0.1) is 0 Å². The van der Waals surface area contributed by atoms with Crippen molar-refractivity contribution in [2.75, 3.05) is 6.61 Å². The van der Waals surface area contributed by atoms with E-state index in [1.165, 1.54) is 0 Å². The van der Waals surface area contributed by atoms with E-state index in [9.17, 15) is 4.79 Å². The third-order valence-electron chi connectivity index (χ3n) is 4.41. The van der Waals surface area contributed by atoms with Gasteiger partial charge >= 0.3 is 5.97 Å². The smallest absolute Gasteiger partial charge is 0.319 e. The molecule has 5 heteroatoms. The summed E-state index contributed by atoms with van der Waals surface area (Å²) in [5.41, 5.74) is 1.43. The lowest BCUT2D eigenvalue weighted by molar-refractivity contribution is -0.146. The lowest BCUT2D eigenvalue weighted by Crippen LogP contribution is -2.27. The van der Waals surface area contributed by atoms with Crippen molar-refractivity contribution in [1.82, 2.24) is 9.55 Å². The van der Waals surface area contributed by atoms with E-state index in [2.05, 4.69) is 4.57 Å². The first-order valence-electron chi connectivity index (χ1n) is 7.51. The molecule has 1 heterocycles. The fourth-order valence-corrected chi connectivity index (χ4v) is 3.19. The SMILES string of the molecule is CCOC(=O)C1(c2nc3ccc(Cl)cc3n2C2CC2)CC1. The van der Waals surface area contributed by atoms with Crippen LogP contribution < -0.4 is 0 Å². The van der Waals surface area contributed by atoms with Crippen molar-refractivity contribution in [3.8, 4) is 0 Å². The average Bonchev–Trinajstić information content (AvgIpc) is 3.36. The van der Waals surface area contributed by atoms with Crippen molar-refractivity contribution in [3.63, 3.8) is 0 Å². The number of rotatable bonds is 4. The van der Waals surface area contributed by atoms with Crippen molar-refractivity contribution >= 4 is 28.6 Å². The molecule has 4 rings (SSSR count). The second-order valence-corrected chi connectivity index (χ2v) is 6.41. The summed E-state index contributed by atoms with van der Waals surface area (Å²) in [7, 11) is 0. The molecule has 0 N–H and O–H groups in total. The standard InChI is InChI=1S/C16H17ClN2O2/c1-2-21-15(20)16(7-8-16)14-18-12-6-3-10(17)9-13(12)19(14)11-4-5-11/h3,6,9,11H,2,4-5,7-8H2,1H3. The number of hydrogen-bond donors (Lipinski definition) is 0. The molecule has 2 saturated carbocycles. The molecule has 4 nitrogen and oxygen atoms in total. The Morgan fingerprint density at radius 2 is 2.24 bits per heavy atom. The van der Waals surface area contributed by atoms with Crippen LogP contribution in [0.1, 0.15) is 44.5 Å². The molecule has 0 aliphatic heterocycles. The Kier molecular flexibility index (Phi) is 2.80. The number of carbonyl (C=O) groups excluding carboxylic acids is 1. The number of ether oxygens (including phenoxy) is 1. The molecule has 1 aromatic heterocycles. The fraction of sp³-hybridized carbons (Fsp3) is 0.500. The molecule has 0 amide bonds. The molecule has 2 aliphatic carbocycles. The monoisotopic (exact) mass is 304 g/mol. The molecule has 0 bridgehead atoms. The molecule has 1 aromatic carbocycles. The Labute approximate surface area is 128 Å². The molecular weight excluding hydrogens is 288 g/mol. The summed E-state index contributed by atoms with van der Waals surface area (Å²) in [6.45, 7) is 2.26. The van der Waals surface area contributed by atoms with Gasteiger partial charge in [0.15, 0.2) is 0 Å². The number of esters is 1. The van der Waals surface area contributed by atoms with Gasteiger partial charge in [0.2, 0.25) is 0 Å². The van der Waals surface area contributed by atoms with Crippen LogP contribution in [0.2, 0.25) is 5.02 Å². The highest BCUT2D eigenvalue weighted by atomic mass is 35.5. The van der Waals surface area contributed by atoms with Crippen LogP contribution in [0.3, 0.4) is 0 Å². The van der Waals surface area contributed by atoms with E-state index in [1.54, 1.807) is 0 Å². The van der Waals surface area contributed by atoms with Crippen LogP contribution in [0, 0.1) is 0 Å². The van der Waals surface area contributed by atoms with Gasteiger partial charge in [-0.05, 0) is 50.8 Å². The summed E-state index contributed by atoms with van der Waals surface area (Å²) in [6.07, 6.45) is 3.94. The van der Waals surface area contributed by atoms with E-state index in [0.29, 0.717) is 17.7 Å². The molecule has 2 aromatic rings. The van der Waals surface area contributed by atoms with Crippen LogP contribution >= 0.6 is 11.6 Å². The Morgan fingerprint density at radius 3 is 2.86 bits per heavy atom. The minimum atomic E-state index is -0.524. The van der Waals surface area contributed by atoms with Gasteiger partial charge < -0.3 is 9.30 Å². The van der Waals surface area contributed by atoms with E-state index in [1.807, 2.05) is 25.1 Å².